The lowest BCUT2D eigenvalue weighted by atomic mass is 10.1. The van der Waals surface area contributed by atoms with Crippen molar-refractivity contribution in [1.29, 1.82) is 0 Å². The average molecular weight is 348 g/mol. The minimum atomic E-state index is -4.75. The Kier molecular flexibility index (Phi) is 4.40. The molecule has 0 bridgehead atoms. The molecule has 0 saturated carbocycles. The van der Waals surface area contributed by atoms with Gasteiger partial charge in [-0.15, -0.1) is 0 Å². The van der Waals surface area contributed by atoms with Gasteiger partial charge < -0.3 is 14.0 Å². The molecular weight excluding hydrogens is 335 g/mol. The Bertz CT molecular complexity index is 853. The zero-order chi connectivity index (χ0) is 17.2. The van der Waals surface area contributed by atoms with E-state index < -0.39 is 13.6 Å². The quantitative estimate of drug-likeness (QED) is 0.486. The maximum absolute atomic E-state index is 12.3. The fourth-order valence-electron chi connectivity index (χ4n) is 2.16. The topological polar surface area (TPSA) is 102 Å². The second kappa shape index (κ2) is 6.49. The molecule has 1 aliphatic heterocycles. The van der Waals surface area contributed by atoms with E-state index in [1.807, 2.05) is 0 Å². The summed E-state index contributed by atoms with van der Waals surface area (Å²) in [6, 6.07) is 11.1. The Morgan fingerprint density at radius 1 is 1.12 bits per heavy atom. The first kappa shape index (κ1) is 16.3. The maximum Gasteiger partial charge on any atom is 0.524 e. The van der Waals surface area contributed by atoms with Crippen LogP contribution in [-0.4, -0.2) is 22.4 Å². The van der Waals surface area contributed by atoms with Crippen LogP contribution in [0.25, 0.3) is 6.08 Å². The van der Waals surface area contributed by atoms with Crippen LogP contribution in [0.3, 0.4) is 0 Å². The number of benzene rings is 2. The highest BCUT2D eigenvalue weighted by molar-refractivity contribution is 7.46. The molecule has 0 radical (unpaired) electrons. The Hall–Kier alpha value is -2.60. The van der Waals surface area contributed by atoms with Crippen LogP contribution in [0.5, 0.6) is 17.2 Å². The van der Waals surface area contributed by atoms with Gasteiger partial charge in [-0.1, -0.05) is 24.3 Å². The summed E-state index contributed by atoms with van der Waals surface area (Å²) in [6.07, 6.45) is 2.86. The Morgan fingerprint density at radius 2 is 1.88 bits per heavy atom. The van der Waals surface area contributed by atoms with Gasteiger partial charge in [0.2, 0.25) is 6.79 Å². The molecule has 2 aromatic carbocycles. The molecule has 3 rings (SSSR count). The van der Waals surface area contributed by atoms with Crippen molar-refractivity contribution in [2.75, 3.05) is 6.79 Å². The summed E-state index contributed by atoms with van der Waals surface area (Å²) in [5.74, 6) is 0.608. The van der Waals surface area contributed by atoms with Crippen molar-refractivity contribution in [1.82, 2.24) is 0 Å². The van der Waals surface area contributed by atoms with Gasteiger partial charge in [-0.25, -0.2) is 4.57 Å². The predicted octanol–water partition coefficient (Wildman–Crippen LogP) is 2.78. The van der Waals surface area contributed by atoms with Gasteiger partial charge in [-0.05, 0) is 35.9 Å². The number of hydrogen-bond donors (Lipinski definition) is 2. The largest absolute Gasteiger partial charge is 0.524 e. The van der Waals surface area contributed by atoms with Gasteiger partial charge in [-0.2, -0.15) is 0 Å². The number of phosphoric ester groups is 1. The number of ketones is 1. The summed E-state index contributed by atoms with van der Waals surface area (Å²) in [7, 11) is -4.75. The molecule has 24 heavy (non-hydrogen) atoms. The SMILES string of the molecule is O=C(C=Cc1ccc2c(c1)OCO2)c1ccccc1OP(=O)(O)O. The highest BCUT2D eigenvalue weighted by atomic mass is 31.2. The molecule has 0 spiro atoms. The summed E-state index contributed by atoms with van der Waals surface area (Å²) < 4.78 is 26.0. The van der Waals surface area contributed by atoms with Crippen LogP contribution >= 0.6 is 7.82 Å². The number of allylic oxidation sites excluding steroid dienone is 1. The van der Waals surface area contributed by atoms with Gasteiger partial charge >= 0.3 is 7.82 Å². The number of carbonyl (C=O) groups excluding carboxylic acids is 1. The van der Waals surface area contributed by atoms with Gasteiger partial charge in [0.1, 0.15) is 5.75 Å². The highest BCUT2D eigenvalue weighted by Gasteiger charge is 2.20. The van der Waals surface area contributed by atoms with Gasteiger partial charge in [0.25, 0.3) is 0 Å². The van der Waals surface area contributed by atoms with E-state index in [9.17, 15) is 9.36 Å². The third-order valence-corrected chi connectivity index (χ3v) is 3.63. The van der Waals surface area contributed by atoms with E-state index in [1.54, 1.807) is 30.3 Å². The van der Waals surface area contributed by atoms with Crippen LogP contribution in [0, 0.1) is 0 Å². The molecule has 0 unspecified atom stereocenters. The zero-order valence-electron chi connectivity index (χ0n) is 12.3. The summed E-state index contributed by atoms with van der Waals surface area (Å²) in [5, 5.41) is 0. The first-order valence-corrected chi connectivity index (χ1v) is 8.42. The molecule has 8 heteroatoms. The van der Waals surface area contributed by atoms with E-state index >= 15 is 0 Å². The van der Waals surface area contributed by atoms with Gasteiger partial charge in [0.05, 0.1) is 5.56 Å². The van der Waals surface area contributed by atoms with E-state index in [2.05, 4.69) is 4.52 Å². The number of rotatable bonds is 5. The monoisotopic (exact) mass is 348 g/mol. The maximum atomic E-state index is 12.3. The van der Waals surface area contributed by atoms with Crippen LogP contribution in [0.2, 0.25) is 0 Å². The standard InChI is InChI=1S/C16H13O7P/c17-13(12-3-1-2-4-14(12)23-24(18,19)20)7-5-11-6-8-15-16(9-11)22-10-21-15/h1-9H,10H2,(H2,18,19,20). The summed E-state index contributed by atoms with van der Waals surface area (Å²) in [6.45, 7) is 0.161. The number of carbonyl (C=O) groups is 1. The number of para-hydroxylation sites is 1. The molecule has 0 fully saturated rings. The lowest BCUT2D eigenvalue weighted by Gasteiger charge is -2.09. The Morgan fingerprint density at radius 3 is 2.67 bits per heavy atom. The zero-order valence-corrected chi connectivity index (χ0v) is 13.2. The average Bonchev–Trinajstić information content (AvgIpc) is 2.99. The fourth-order valence-corrected chi connectivity index (χ4v) is 2.57. The molecule has 124 valence electrons. The van der Waals surface area contributed by atoms with Crippen molar-refractivity contribution >= 4 is 19.7 Å². The molecule has 1 heterocycles. The van der Waals surface area contributed by atoms with Crippen molar-refractivity contribution in [3.63, 3.8) is 0 Å². The second-order valence-electron chi connectivity index (χ2n) is 4.89. The van der Waals surface area contributed by atoms with E-state index in [1.165, 1.54) is 24.3 Å². The molecule has 2 aromatic rings. The number of hydrogen-bond acceptors (Lipinski definition) is 5. The lowest BCUT2D eigenvalue weighted by molar-refractivity contribution is 0.104. The Labute approximate surface area is 137 Å². The smallest absolute Gasteiger partial charge is 0.454 e. The molecule has 0 saturated heterocycles. The van der Waals surface area contributed by atoms with Crippen LogP contribution in [-0.2, 0) is 4.57 Å². The molecule has 2 N–H and O–H groups in total. The van der Waals surface area contributed by atoms with Gasteiger partial charge in [0, 0.05) is 0 Å². The number of fused-ring (bicyclic) bond motifs is 1. The molecule has 1 aliphatic rings. The van der Waals surface area contributed by atoms with Crippen LogP contribution in [0.15, 0.2) is 48.5 Å². The fraction of sp³-hybridized carbons (Fsp3) is 0.0625. The van der Waals surface area contributed by atoms with E-state index in [0.717, 1.165) is 5.56 Å². The van der Waals surface area contributed by atoms with E-state index in [0.29, 0.717) is 11.5 Å². The molecule has 0 aromatic heterocycles. The summed E-state index contributed by atoms with van der Waals surface area (Å²) in [5.41, 5.74) is 0.777. The number of ether oxygens (including phenoxy) is 2. The van der Waals surface area contributed by atoms with E-state index in [-0.39, 0.29) is 18.1 Å². The predicted molar refractivity (Wildman–Crippen MR) is 85.0 cm³/mol. The number of phosphoric acid groups is 1. The molecule has 7 nitrogen and oxygen atoms in total. The van der Waals surface area contributed by atoms with Crippen LogP contribution < -0.4 is 14.0 Å². The van der Waals surface area contributed by atoms with Crippen molar-refractivity contribution < 1.29 is 33.1 Å². The van der Waals surface area contributed by atoms with Gasteiger partial charge in [0.15, 0.2) is 17.3 Å². The Balaban J connectivity index is 1.81. The normalized spacial score (nSPS) is 13.2. The lowest BCUT2D eigenvalue weighted by Crippen LogP contribution is -2.00. The van der Waals surface area contributed by atoms with E-state index in [4.69, 9.17) is 19.3 Å². The van der Waals surface area contributed by atoms with Crippen molar-refractivity contribution in [3.05, 3.63) is 59.7 Å². The first-order chi connectivity index (χ1) is 11.4. The van der Waals surface area contributed by atoms with Crippen LogP contribution in [0.1, 0.15) is 15.9 Å². The highest BCUT2D eigenvalue weighted by Crippen LogP contribution is 2.39. The molecular formula is C16H13O7P. The summed E-state index contributed by atoms with van der Waals surface area (Å²) >= 11 is 0. The summed E-state index contributed by atoms with van der Waals surface area (Å²) in [4.78, 5) is 30.1. The van der Waals surface area contributed by atoms with Crippen molar-refractivity contribution in [2.45, 2.75) is 0 Å². The van der Waals surface area contributed by atoms with Crippen LogP contribution in [0.4, 0.5) is 0 Å². The second-order valence-corrected chi connectivity index (χ2v) is 6.05. The minimum absolute atomic E-state index is 0.0535. The molecule has 0 atom stereocenters. The molecule has 0 amide bonds. The van der Waals surface area contributed by atoms with Crippen molar-refractivity contribution in [3.8, 4) is 17.2 Å². The third-order valence-electron chi connectivity index (χ3n) is 3.19. The molecule has 0 aliphatic carbocycles. The van der Waals surface area contributed by atoms with Crippen molar-refractivity contribution in [2.24, 2.45) is 0 Å². The third kappa shape index (κ3) is 3.83. The van der Waals surface area contributed by atoms with Gasteiger partial charge in [-0.3, -0.25) is 14.6 Å². The first-order valence-electron chi connectivity index (χ1n) is 6.89. The minimum Gasteiger partial charge on any atom is -0.454 e.